The van der Waals surface area contributed by atoms with Crippen molar-refractivity contribution in [3.05, 3.63) is 0 Å². The lowest BCUT2D eigenvalue weighted by Crippen LogP contribution is -2.35. The van der Waals surface area contributed by atoms with Gasteiger partial charge in [-0.25, -0.2) is 0 Å². The third-order valence-electron chi connectivity index (χ3n) is 2.95. The second-order valence-corrected chi connectivity index (χ2v) is 7.11. The topological polar surface area (TPSA) is 53.6 Å². The van der Waals surface area contributed by atoms with E-state index in [-0.39, 0.29) is 0 Å². The molecule has 1 unspecified atom stereocenters. The molecule has 0 radical (unpaired) electrons. The molecule has 17 heavy (non-hydrogen) atoms. The van der Waals surface area contributed by atoms with E-state index in [1.54, 1.807) is 0 Å². The highest BCUT2D eigenvalue weighted by Gasteiger charge is 2.23. The van der Waals surface area contributed by atoms with Crippen molar-refractivity contribution >= 4 is 7.37 Å². The summed E-state index contributed by atoms with van der Waals surface area (Å²) in [5, 5.41) is 6.72. The Bertz CT molecular complexity index is 241. The third-order valence-corrected chi connectivity index (χ3v) is 5.47. The van der Waals surface area contributed by atoms with Crippen molar-refractivity contribution in [3.63, 3.8) is 0 Å². The molecule has 1 atom stereocenters. The van der Waals surface area contributed by atoms with Gasteiger partial charge in [-0.2, -0.15) is 0 Å². The minimum Gasteiger partial charge on any atom is -0.328 e. The van der Waals surface area contributed by atoms with E-state index in [4.69, 9.17) is 4.52 Å². The Hall–Kier alpha value is 0.0700. The second-order valence-electron chi connectivity index (χ2n) is 4.31. The Labute approximate surface area is 105 Å². The predicted molar refractivity (Wildman–Crippen MR) is 72.0 cm³/mol. The first-order valence-corrected chi connectivity index (χ1v) is 8.56. The molecule has 0 aliphatic carbocycles. The molecule has 1 aliphatic rings. The lowest BCUT2D eigenvalue weighted by molar-refractivity contribution is 0.279. The first-order chi connectivity index (χ1) is 8.20. The van der Waals surface area contributed by atoms with Crippen LogP contribution < -0.4 is 10.6 Å². The van der Waals surface area contributed by atoms with Gasteiger partial charge in [0.25, 0.3) is 0 Å². The summed E-state index contributed by atoms with van der Waals surface area (Å²) in [5.41, 5.74) is 0. The molecule has 1 heterocycles. The summed E-state index contributed by atoms with van der Waals surface area (Å²) < 4.78 is 17.9. The Morgan fingerprint density at radius 3 is 2.18 bits per heavy atom. The Balaban J connectivity index is 2.47. The molecular weight excluding hydrogens is 237 g/mol. The van der Waals surface area contributed by atoms with Gasteiger partial charge >= 0.3 is 0 Å². The minimum atomic E-state index is -2.45. The fraction of sp³-hybridized carbons (Fsp3) is 1.00. The molecule has 1 fully saturated rings. The average Bonchev–Trinajstić information content (AvgIpc) is 2.43. The van der Waals surface area contributed by atoms with Crippen molar-refractivity contribution in [2.24, 2.45) is 0 Å². The fourth-order valence-corrected chi connectivity index (χ4v) is 3.75. The zero-order chi connectivity index (χ0) is 12.6. The molecule has 0 aromatic heterocycles. The molecule has 0 bridgehead atoms. The number of nitrogens with one attached hydrogen (secondary N) is 2. The SMILES string of the molecule is CCOP(=O)(CC)CN1CCNCCNCC1. The molecule has 6 heteroatoms. The number of hydrogen-bond donors (Lipinski definition) is 2. The van der Waals surface area contributed by atoms with Gasteiger partial charge in [0.05, 0.1) is 12.9 Å². The minimum absolute atomic E-state index is 0.537. The number of hydrogen-bond acceptors (Lipinski definition) is 5. The second kappa shape index (κ2) is 8.22. The fourth-order valence-electron chi connectivity index (χ4n) is 1.93. The zero-order valence-electron chi connectivity index (χ0n) is 11.1. The first kappa shape index (κ1) is 15.1. The van der Waals surface area contributed by atoms with Gasteiger partial charge in [0.1, 0.15) is 0 Å². The van der Waals surface area contributed by atoms with Crippen LogP contribution in [0.3, 0.4) is 0 Å². The van der Waals surface area contributed by atoms with Crippen molar-refractivity contribution in [1.29, 1.82) is 0 Å². The summed E-state index contributed by atoms with van der Waals surface area (Å²) in [7, 11) is -2.45. The Morgan fingerprint density at radius 1 is 1.12 bits per heavy atom. The summed E-state index contributed by atoms with van der Waals surface area (Å²) in [6, 6.07) is 0. The zero-order valence-corrected chi connectivity index (χ0v) is 12.0. The standard InChI is InChI=1S/C11H26N3O2P/c1-3-16-17(15,4-2)11-14-9-7-12-5-6-13-8-10-14/h12-13H,3-11H2,1-2H3. The van der Waals surface area contributed by atoms with Crippen LogP contribution in [0.1, 0.15) is 13.8 Å². The summed E-state index contributed by atoms with van der Waals surface area (Å²) in [6.45, 7) is 10.2. The summed E-state index contributed by atoms with van der Waals surface area (Å²) >= 11 is 0. The maximum absolute atomic E-state index is 12.4. The van der Waals surface area contributed by atoms with Gasteiger partial charge in [-0.05, 0) is 6.92 Å². The van der Waals surface area contributed by atoms with E-state index in [9.17, 15) is 4.57 Å². The van der Waals surface area contributed by atoms with Gasteiger partial charge in [-0.3, -0.25) is 9.46 Å². The van der Waals surface area contributed by atoms with Crippen LogP contribution in [0.15, 0.2) is 0 Å². The van der Waals surface area contributed by atoms with E-state index >= 15 is 0 Å². The smallest absolute Gasteiger partial charge is 0.216 e. The van der Waals surface area contributed by atoms with Gasteiger partial charge in [-0.1, -0.05) is 6.92 Å². The normalized spacial score (nSPS) is 23.4. The van der Waals surface area contributed by atoms with Gasteiger partial charge in [0, 0.05) is 45.4 Å². The highest BCUT2D eigenvalue weighted by Crippen LogP contribution is 2.46. The van der Waals surface area contributed by atoms with Crippen molar-refractivity contribution in [2.45, 2.75) is 13.8 Å². The molecule has 1 saturated heterocycles. The van der Waals surface area contributed by atoms with Crippen molar-refractivity contribution in [2.75, 3.05) is 58.3 Å². The summed E-state index contributed by atoms with van der Waals surface area (Å²) in [4.78, 5) is 2.24. The van der Waals surface area contributed by atoms with Crippen LogP contribution in [0.5, 0.6) is 0 Å². The van der Waals surface area contributed by atoms with Crippen LogP contribution in [-0.2, 0) is 9.09 Å². The Morgan fingerprint density at radius 2 is 1.71 bits per heavy atom. The van der Waals surface area contributed by atoms with E-state index in [1.165, 1.54) is 0 Å². The molecule has 0 saturated carbocycles. The number of rotatable bonds is 5. The molecule has 2 N–H and O–H groups in total. The Kier molecular flexibility index (Phi) is 7.32. The summed E-state index contributed by atoms with van der Waals surface area (Å²) in [5.74, 6) is 0. The lowest BCUT2D eigenvalue weighted by atomic mass is 10.5. The molecule has 0 spiro atoms. The lowest BCUT2D eigenvalue weighted by Gasteiger charge is -2.26. The third kappa shape index (κ3) is 5.98. The van der Waals surface area contributed by atoms with E-state index < -0.39 is 7.37 Å². The van der Waals surface area contributed by atoms with Crippen molar-refractivity contribution in [3.8, 4) is 0 Å². The van der Waals surface area contributed by atoms with Crippen LogP contribution in [0.2, 0.25) is 0 Å². The van der Waals surface area contributed by atoms with Gasteiger partial charge in [-0.15, -0.1) is 0 Å². The van der Waals surface area contributed by atoms with Gasteiger partial charge in [0.15, 0.2) is 0 Å². The van der Waals surface area contributed by atoms with Crippen LogP contribution in [0, 0.1) is 0 Å². The van der Waals surface area contributed by atoms with Crippen LogP contribution in [0.4, 0.5) is 0 Å². The van der Waals surface area contributed by atoms with E-state index in [1.807, 2.05) is 13.8 Å². The van der Waals surface area contributed by atoms with Crippen LogP contribution in [0.25, 0.3) is 0 Å². The van der Waals surface area contributed by atoms with Crippen LogP contribution in [-0.4, -0.2) is 63.2 Å². The maximum atomic E-state index is 12.4. The predicted octanol–water partition coefficient (Wildman–Crippen LogP) is 0.773. The number of nitrogens with zero attached hydrogens (tertiary/aromatic N) is 1. The quantitative estimate of drug-likeness (QED) is 0.718. The molecule has 0 aromatic carbocycles. The monoisotopic (exact) mass is 263 g/mol. The molecule has 1 aliphatic heterocycles. The first-order valence-electron chi connectivity index (χ1n) is 6.56. The molecule has 5 nitrogen and oxygen atoms in total. The van der Waals surface area contributed by atoms with Crippen molar-refractivity contribution in [1.82, 2.24) is 15.5 Å². The molecule has 0 amide bonds. The van der Waals surface area contributed by atoms with Crippen LogP contribution >= 0.6 is 7.37 Å². The maximum Gasteiger partial charge on any atom is 0.216 e. The van der Waals surface area contributed by atoms with E-state index in [2.05, 4.69) is 15.5 Å². The molecular formula is C11H26N3O2P. The van der Waals surface area contributed by atoms with Gasteiger partial charge in [0.2, 0.25) is 7.37 Å². The average molecular weight is 263 g/mol. The summed E-state index contributed by atoms with van der Waals surface area (Å²) in [6.07, 6.45) is 1.21. The highest BCUT2D eigenvalue weighted by molar-refractivity contribution is 7.58. The molecule has 1 rings (SSSR count). The molecule has 0 aromatic rings. The highest BCUT2D eigenvalue weighted by atomic mass is 31.2. The van der Waals surface area contributed by atoms with Crippen molar-refractivity contribution < 1.29 is 9.09 Å². The van der Waals surface area contributed by atoms with Gasteiger partial charge < -0.3 is 15.2 Å². The molecule has 102 valence electrons. The van der Waals surface area contributed by atoms with E-state index in [0.717, 1.165) is 39.3 Å². The largest absolute Gasteiger partial charge is 0.328 e. The van der Waals surface area contributed by atoms with E-state index in [0.29, 0.717) is 19.1 Å².